The van der Waals surface area contributed by atoms with E-state index in [-0.39, 0.29) is 12.6 Å². The van der Waals surface area contributed by atoms with E-state index in [1.165, 1.54) is 6.26 Å². The number of guanidine groups is 1. The summed E-state index contributed by atoms with van der Waals surface area (Å²) < 4.78 is 22.0. The van der Waals surface area contributed by atoms with Crippen molar-refractivity contribution >= 4 is 15.8 Å². The number of aliphatic imine (C=N–C) groups is 1. The predicted molar refractivity (Wildman–Crippen MR) is 66.8 cm³/mol. The summed E-state index contributed by atoms with van der Waals surface area (Å²) in [5.41, 5.74) is 2.40. The number of sulfone groups is 1. The van der Waals surface area contributed by atoms with E-state index in [0.29, 0.717) is 5.96 Å². The lowest BCUT2D eigenvalue weighted by atomic mass is 10.2. The Labute approximate surface area is 97.6 Å². The topological polar surface area (TPSA) is 96.6 Å². The average molecular weight is 250 g/mol. The molecule has 0 aromatic rings. The van der Waals surface area contributed by atoms with Crippen molar-refractivity contribution in [1.82, 2.24) is 10.7 Å². The van der Waals surface area contributed by atoms with Crippen LogP contribution in [0.25, 0.3) is 0 Å². The van der Waals surface area contributed by atoms with Gasteiger partial charge in [-0.05, 0) is 27.7 Å². The quantitative estimate of drug-likeness (QED) is 0.274. The third kappa shape index (κ3) is 4.80. The maximum absolute atomic E-state index is 11.4. The van der Waals surface area contributed by atoms with Crippen LogP contribution in [0.15, 0.2) is 4.99 Å². The van der Waals surface area contributed by atoms with Gasteiger partial charge in [-0.25, -0.2) is 14.3 Å². The van der Waals surface area contributed by atoms with Crippen molar-refractivity contribution in [3.8, 4) is 0 Å². The van der Waals surface area contributed by atoms with E-state index in [9.17, 15) is 8.42 Å². The Morgan fingerprint density at radius 3 is 2.25 bits per heavy atom. The van der Waals surface area contributed by atoms with E-state index in [4.69, 9.17) is 5.84 Å². The van der Waals surface area contributed by atoms with Crippen LogP contribution in [0.2, 0.25) is 0 Å². The third-order valence-electron chi connectivity index (χ3n) is 2.18. The predicted octanol–water partition coefficient (Wildman–Crippen LogP) is -0.373. The van der Waals surface area contributed by atoms with Crippen LogP contribution in [0, 0.1) is 0 Å². The van der Waals surface area contributed by atoms with Gasteiger partial charge in [0.25, 0.3) is 0 Å². The molecule has 0 fully saturated rings. The Morgan fingerprint density at radius 2 is 1.94 bits per heavy atom. The Hall–Kier alpha value is -0.820. The number of nitrogens with one attached hydrogen (secondary N) is 2. The molecule has 0 unspecified atom stereocenters. The first-order valence-corrected chi connectivity index (χ1v) is 6.96. The van der Waals surface area contributed by atoms with Gasteiger partial charge in [0.05, 0.1) is 11.3 Å². The fourth-order valence-electron chi connectivity index (χ4n) is 0.793. The molecule has 0 aliphatic rings. The third-order valence-corrected chi connectivity index (χ3v) is 4.32. The van der Waals surface area contributed by atoms with Crippen LogP contribution in [0.3, 0.4) is 0 Å². The van der Waals surface area contributed by atoms with Crippen LogP contribution in [-0.4, -0.2) is 38.0 Å². The van der Waals surface area contributed by atoms with Crippen molar-refractivity contribution in [3.63, 3.8) is 0 Å². The number of rotatable bonds is 4. The fraction of sp³-hybridized carbons (Fsp3) is 0.889. The maximum atomic E-state index is 11.4. The standard InChI is InChI=1S/C9H22N4O2S/c1-7(2)12-8(13-10)11-6-9(3,4)16(5,14)15/h7H,6,10H2,1-5H3,(H2,11,12,13). The van der Waals surface area contributed by atoms with E-state index in [2.05, 4.69) is 15.7 Å². The molecule has 0 heterocycles. The Bertz CT molecular complexity index is 347. The largest absolute Gasteiger partial charge is 0.353 e. The zero-order chi connectivity index (χ0) is 13.0. The SMILES string of the molecule is CC(C)NC(=NCC(C)(C)S(C)(=O)=O)NN. The molecule has 0 aromatic carbocycles. The molecule has 0 bridgehead atoms. The summed E-state index contributed by atoms with van der Waals surface area (Å²) in [6.07, 6.45) is 1.20. The first-order valence-electron chi connectivity index (χ1n) is 5.07. The van der Waals surface area contributed by atoms with Crippen LogP contribution in [0.4, 0.5) is 0 Å². The highest BCUT2D eigenvalue weighted by molar-refractivity contribution is 7.92. The Morgan fingerprint density at radius 1 is 1.44 bits per heavy atom. The molecular formula is C9H22N4O2S. The highest BCUT2D eigenvalue weighted by Gasteiger charge is 2.29. The lowest BCUT2D eigenvalue weighted by Gasteiger charge is -2.21. The van der Waals surface area contributed by atoms with E-state index in [1.54, 1.807) is 13.8 Å². The van der Waals surface area contributed by atoms with Gasteiger partial charge in [-0.2, -0.15) is 0 Å². The number of nitrogens with zero attached hydrogens (tertiary/aromatic N) is 1. The number of hydrogen-bond acceptors (Lipinski definition) is 4. The second-order valence-electron chi connectivity index (χ2n) is 4.64. The van der Waals surface area contributed by atoms with E-state index >= 15 is 0 Å². The summed E-state index contributed by atoms with van der Waals surface area (Å²) in [6.45, 7) is 7.30. The molecule has 6 nitrogen and oxygen atoms in total. The summed E-state index contributed by atoms with van der Waals surface area (Å²) in [7, 11) is -3.14. The summed E-state index contributed by atoms with van der Waals surface area (Å²) in [5, 5.41) is 2.97. The second kappa shape index (κ2) is 5.49. The van der Waals surface area contributed by atoms with E-state index < -0.39 is 14.6 Å². The highest BCUT2D eigenvalue weighted by atomic mass is 32.2. The molecule has 4 N–H and O–H groups in total. The Balaban J connectivity index is 4.67. The lowest BCUT2D eigenvalue weighted by molar-refractivity contribution is 0.554. The van der Waals surface area contributed by atoms with Crippen molar-refractivity contribution in [3.05, 3.63) is 0 Å². The van der Waals surface area contributed by atoms with Crippen LogP contribution in [-0.2, 0) is 9.84 Å². The van der Waals surface area contributed by atoms with Gasteiger partial charge in [0.2, 0.25) is 5.96 Å². The van der Waals surface area contributed by atoms with Crippen molar-refractivity contribution in [2.75, 3.05) is 12.8 Å². The zero-order valence-corrected chi connectivity index (χ0v) is 11.4. The van der Waals surface area contributed by atoms with Crippen LogP contribution in [0.1, 0.15) is 27.7 Å². The molecule has 0 atom stereocenters. The summed E-state index contributed by atoms with van der Waals surface area (Å²) in [6, 6.07) is 0.177. The van der Waals surface area contributed by atoms with Crippen molar-refractivity contribution in [2.45, 2.75) is 38.5 Å². The first kappa shape index (κ1) is 15.2. The molecule has 96 valence electrons. The van der Waals surface area contributed by atoms with E-state index in [1.807, 2.05) is 13.8 Å². The second-order valence-corrected chi connectivity index (χ2v) is 7.29. The molecule has 0 rings (SSSR count). The summed E-state index contributed by atoms with van der Waals surface area (Å²) >= 11 is 0. The monoisotopic (exact) mass is 250 g/mol. The molecule has 0 radical (unpaired) electrons. The summed E-state index contributed by atoms with van der Waals surface area (Å²) in [4.78, 5) is 4.11. The molecule has 0 spiro atoms. The molecule has 0 aromatic heterocycles. The van der Waals surface area contributed by atoms with Crippen molar-refractivity contribution in [2.24, 2.45) is 10.8 Å². The molecule has 0 saturated carbocycles. The van der Waals surface area contributed by atoms with Gasteiger partial charge in [-0.1, -0.05) is 0 Å². The van der Waals surface area contributed by atoms with Gasteiger partial charge < -0.3 is 5.32 Å². The highest BCUT2D eigenvalue weighted by Crippen LogP contribution is 2.14. The van der Waals surface area contributed by atoms with Gasteiger partial charge in [-0.15, -0.1) is 0 Å². The summed E-state index contributed by atoms with van der Waals surface area (Å²) in [5.74, 6) is 5.66. The Kier molecular flexibility index (Phi) is 5.21. The smallest absolute Gasteiger partial charge is 0.205 e. The number of hydrogen-bond donors (Lipinski definition) is 3. The van der Waals surface area contributed by atoms with Gasteiger partial charge in [0.1, 0.15) is 0 Å². The van der Waals surface area contributed by atoms with Gasteiger partial charge >= 0.3 is 0 Å². The number of nitrogens with two attached hydrogens (primary N) is 1. The van der Waals surface area contributed by atoms with Crippen LogP contribution < -0.4 is 16.6 Å². The van der Waals surface area contributed by atoms with E-state index in [0.717, 1.165) is 0 Å². The minimum absolute atomic E-state index is 0.158. The zero-order valence-electron chi connectivity index (χ0n) is 10.5. The van der Waals surface area contributed by atoms with Crippen LogP contribution >= 0.6 is 0 Å². The fourth-order valence-corrected chi connectivity index (χ4v) is 1.09. The van der Waals surface area contributed by atoms with Gasteiger partial charge in [0.15, 0.2) is 9.84 Å². The van der Waals surface area contributed by atoms with Crippen molar-refractivity contribution in [1.29, 1.82) is 0 Å². The van der Waals surface area contributed by atoms with Gasteiger partial charge in [-0.3, -0.25) is 10.4 Å². The molecule has 0 amide bonds. The molecule has 0 aliphatic heterocycles. The molecule has 0 aliphatic carbocycles. The average Bonchev–Trinajstić information content (AvgIpc) is 2.09. The minimum Gasteiger partial charge on any atom is -0.353 e. The first-order chi connectivity index (χ1) is 7.10. The van der Waals surface area contributed by atoms with Crippen molar-refractivity contribution < 1.29 is 8.42 Å². The minimum atomic E-state index is -3.14. The molecule has 16 heavy (non-hydrogen) atoms. The lowest BCUT2D eigenvalue weighted by Crippen LogP contribution is -2.46. The van der Waals surface area contributed by atoms with Crippen LogP contribution in [0.5, 0.6) is 0 Å². The van der Waals surface area contributed by atoms with Gasteiger partial charge in [0, 0.05) is 12.3 Å². The maximum Gasteiger partial charge on any atom is 0.205 e. The normalized spacial score (nSPS) is 14.1. The molecule has 0 saturated heterocycles. The number of hydrazine groups is 1. The molecule has 7 heteroatoms. The molecular weight excluding hydrogens is 228 g/mol.